The van der Waals surface area contributed by atoms with Crippen LogP contribution in [0.3, 0.4) is 0 Å². The van der Waals surface area contributed by atoms with E-state index in [9.17, 15) is 0 Å². The van der Waals surface area contributed by atoms with Gasteiger partial charge in [-0.25, -0.2) is 0 Å². The highest BCUT2D eigenvalue weighted by atomic mass is 15.3. The molecule has 0 bridgehead atoms. The van der Waals surface area contributed by atoms with E-state index in [2.05, 4.69) is 53.9 Å². The van der Waals surface area contributed by atoms with Crippen LogP contribution in [0.15, 0.2) is 12.2 Å². The molecule has 0 aromatic rings. The van der Waals surface area contributed by atoms with Crippen molar-refractivity contribution in [3.05, 3.63) is 12.2 Å². The first kappa shape index (κ1) is 16.7. The molecule has 102 valence electrons. The first-order chi connectivity index (χ1) is 7.95. The summed E-state index contributed by atoms with van der Waals surface area (Å²) in [5.41, 5.74) is 0. The summed E-state index contributed by atoms with van der Waals surface area (Å²) < 4.78 is 2.35. The van der Waals surface area contributed by atoms with Crippen LogP contribution >= 0.6 is 0 Å². The Morgan fingerprint density at radius 2 is 1.18 bits per heavy atom. The van der Waals surface area contributed by atoms with Gasteiger partial charge in [-0.2, -0.15) is 0 Å². The summed E-state index contributed by atoms with van der Waals surface area (Å²) >= 11 is 0. The zero-order valence-corrected chi connectivity index (χ0v) is 13.0. The van der Waals surface area contributed by atoms with Crippen LogP contribution in [0.25, 0.3) is 0 Å². The highest BCUT2D eigenvalue weighted by Gasteiger charge is 2.15. The number of quaternary nitrogens is 2. The van der Waals surface area contributed by atoms with Crippen LogP contribution in [0.2, 0.25) is 0 Å². The first-order valence-corrected chi connectivity index (χ1v) is 7.27. The summed E-state index contributed by atoms with van der Waals surface area (Å²) in [5, 5.41) is 0. The van der Waals surface area contributed by atoms with E-state index < -0.39 is 0 Å². The Kier molecular flexibility index (Phi) is 7.73. The van der Waals surface area contributed by atoms with Crippen molar-refractivity contribution in [3.63, 3.8) is 0 Å². The molecule has 0 radical (unpaired) electrons. The van der Waals surface area contributed by atoms with Crippen LogP contribution in [0.4, 0.5) is 0 Å². The van der Waals surface area contributed by atoms with E-state index in [1.54, 1.807) is 0 Å². The number of hydrogen-bond acceptors (Lipinski definition) is 0. The summed E-state index contributed by atoms with van der Waals surface area (Å²) in [5.74, 6) is 0. The minimum absolute atomic E-state index is 1.16. The third kappa shape index (κ3) is 6.23. The molecule has 0 saturated carbocycles. The lowest BCUT2D eigenvalue weighted by Crippen LogP contribution is -2.44. The highest BCUT2D eigenvalue weighted by molar-refractivity contribution is 4.81. The maximum atomic E-state index is 2.38. The molecule has 2 nitrogen and oxygen atoms in total. The highest BCUT2D eigenvalue weighted by Crippen LogP contribution is 2.05. The zero-order chi connectivity index (χ0) is 13.4. The van der Waals surface area contributed by atoms with Gasteiger partial charge in [-0.1, -0.05) is 6.08 Å². The molecule has 0 aliphatic carbocycles. The minimum Gasteiger partial charge on any atom is -0.326 e. The van der Waals surface area contributed by atoms with E-state index in [0.717, 1.165) is 4.48 Å². The molecular weight excluding hydrogens is 208 g/mol. The van der Waals surface area contributed by atoms with Gasteiger partial charge in [-0.3, -0.25) is 0 Å². The molecule has 2 heteroatoms. The summed E-state index contributed by atoms with van der Waals surface area (Å²) in [6, 6.07) is 0. The second-order valence-corrected chi connectivity index (χ2v) is 5.67. The predicted octanol–water partition coefficient (Wildman–Crippen LogP) is 2.91. The number of rotatable bonds is 9. The Morgan fingerprint density at radius 1 is 0.706 bits per heavy atom. The second kappa shape index (κ2) is 7.88. The molecule has 0 amide bonds. The lowest BCUT2D eigenvalue weighted by atomic mass is 10.3. The molecule has 0 spiro atoms. The summed E-state index contributed by atoms with van der Waals surface area (Å²) in [4.78, 5) is 0. The third-order valence-corrected chi connectivity index (χ3v) is 4.60. The first-order valence-electron chi connectivity index (χ1n) is 7.27. The van der Waals surface area contributed by atoms with Crippen LogP contribution in [-0.2, 0) is 0 Å². The molecule has 0 aliphatic heterocycles. The smallest absolute Gasteiger partial charge is 0.0971 e. The molecule has 0 heterocycles. The van der Waals surface area contributed by atoms with Gasteiger partial charge in [0.05, 0.1) is 53.4 Å². The number of likely N-dealkylation sites (N-methyl/N-ethyl adjacent to an activating group) is 1. The minimum atomic E-state index is 1.16. The fourth-order valence-corrected chi connectivity index (χ4v) is 1.85. The molecular formula is C15H34N2+2. The lowest BCUT2D eigenvalue weighted by molar-refractivity contribution is -0.905. The zero-order valence-electron chi connectivity index (χ0n) is 13.0. The third-order valence-electron chi connectivity index (χ3n) is 4.60. The molecule has 0 aromatic carbocycles. The fourth-order valence-electron chi connectivity index (χ4n) is 1.85. The average molecular weight is 242 g/mol. The van der Waals surface area contributed by atoms with Crippen molar-refractivity contribution in [2.24, 2.45) is 0 Å². The van der Waals surface area contributed by atoms with Gasteiger partial charge in [-0.05, 0) is 33.8 Å². The van der Waals surface area contributed by atoms with Crippen molar-refractivity contribution in [2.45, 2.75) is 34.1 Å². The van der Waals surface area contributed by atoms with E-state index in [1.807, 2.05) is 0 Å². The van der Waals surface area contributed by atoms with Crippen LogP contribution in [-0.4, -0.2) is 62.3 Å². The monoisotopic (exact) mass is 242 g/mol. The molecule has 0 atom stereocenters. The Hall–Kier alpha value is -0.340. The maximum Gasteiger partial charge on any atom is 0.0971 e. The van der Waals surface area contributed by atoms with Crippen molar-refractivity contribution in [1.29, 1.82) is 0 Å². The van der Waals surface area contributed by atoms with Gasteiger partial charge < -0.3 is 8.97 Å². The maximum absolute atomic E-state index is 2.38. The Labute approximate surface area is 109 Å². The van der Waals surface area contributed by atoms with Crippen LogP contribution in [0, 0.1) is 0 Å². The average Bonchev–Trinajstić information content (AvgIpc) is 2.37. The van der Waals surface area contributed by atoms with Gasteiger partial charge in [0, 0.05) is 6.42 Å². The van der Waals surface area contributed by atoms with E-state index in [0.29, 0.717) is 0 Å². The van der Waals surface area contributed by atoms with Crippen molar-refractivity contribution >= 4 is 0 Å². The van der Waals surface area contributed by atoms with Crippen LogP contribution in [0.5, 0.6) is 0 Å². The Bertz CT molecular complexity index is 213. The SMILES string of the molecule is CC[N+](C)(CC)C/C=C\CC[N+](C)(CC)CC. The molecule has 17 heavy (non-hydrogen) atoms. The van der Waals surface area contributed by atoms with E-state index in [-0.39, 0.29) is 0 Å². The second-order valence-electron chi connectivity index (χ2n) is 5.67. The van der Waals surface area contributed by atoms with E-state index in [4.69, 9.17) is 0 Å². The van der Waals surface area contributed by atoms with E-state index >= 15 is 0 Å². The van der Waals surface area contributed by atoms with Crippen molar-refractivity contribution in [1.82, 2.24) is 0 Å². The Morgan fingerprint density at radius 3 is 1.59 bits per heavy atom. The van der Waals surface area contributed by atoms with Gasteiger partial charge in [-0.15, -0.1) is 0 Å². The van der Waals surface area contributed by atoms with Gasteiger partial charge in [0.2, 0.25) is 0 Å². The molecule has 0 rings (SSSR count). The topological polar surface area (TPSA) is 0 Å². The molecule has 0 saturated heterocycles. The van der Waals surface area contributed by atoms with E-state index in [1.165, 1.54) is 50.2 Å². The van der Waals surface area contributed by atoms with Gasteiger partial charge >= 0.3 is 0 Å². The largest absolute Gasteiger partial charge is 0.326 e. The van der Waals surface area contributed by atoms with Crippen molar-refractivity contribution in [2.75, 3.05) is 53.4 Å². The molecule has 0 N–H and O–H groups in total. The number of hydrogen-bond donors (Lipinski definition) is 0. The Balaban J connectivity index is 3.97. The van der Waals surface area contributed by atoms with Crippen molar-refractivity contribution in [3.8, 4) is 0 Å². The number of nitrogens with zero attached hydrogens (tertiary/aromatic N) is 2. The summed E-state index contributed by atoms with van der Waals surface area (Å²) in [7, 11) is 4.69. The summed E-state index contributed by atoms with van der Waals surface area (Å²) in [6.07, 6.45) is 5.97. The van der Waals surface area contributed by atoms with Crippen molar-refractivity contribution < 1.29 is 8.97 Å². The van der Waals surface area contributed by atoms with Crippen LogP contribution < -0.4 is 0 Å². The molecule has 0 fully saturated rings. The normalized spacial score (nSPS) is 13.5. The van der Waals surface area contributed by atoms with Crippen LogP contribution in [0.1, 0.15) is 34.1 Å². The molecule has 0 unspecified atom stereocenters. The van der Waals surface area contributed by atoms with Gasteiger partial charge in [0.15, 0.2) is 0 Å². The quantitative estimate of drug-likeness (QED) is 0.431. The lowest BCUT2D eigenvalue weighted by Gasteiger charge is -2.32. The standard InChI is InChI=1S/C15H34N2/c1-7-16(5,8-2)14-12-11-13-15-17(6,9-3)10-4/h11-12H,7-10,13-15H2,1-6H3/q+2/b12-11-. The van der Waals surface area contributed by atoms with Gasteiger partial charge in [0.25, 0.3) is 0 Å². The van der Waals surface area contributed by atoms with Gasteiger partial charge in [0.1, 0.15) is 0 Å². The predicted molar refractivity (Wildman–Crippen MR) is 78.0 cm³/mol. The molecule has 0 aliphatic rings. The fraction of sp³-hybridized carbons (Fsp3) is 0.867. The summed E-state index contributed by atoms with van der Waals surface area (Å²) in [6.45, 7) is 16.5. The molecule has 0 aromatic heterocycles.